The minimum absolute atomic E-state index is 0.0205. The van der Waals surface area contributed by atoms with Gasteiger partial charge in [-0.25, -0.2) is 0 Å². The number of nitrogens with one attached hydrogen (secondary N) is 2. The number of hydrogen-bond acceptors (Lipinski definition) is 2. The maximum Gasteiger partial charge on any atom is 0.216 e. The number of carbonyl (C=O) groups is 2. The minimum Gasteiger partial charge on any atom is -0.356 e. The minimum atomic E-state index is 0.0205. The van der Waals surface area contributed by atoms with E-state index in [0.29, 0.717) is 5.92 Å². The summed E-state index contributed by atoms with van der Waals surface area (Å²) in [6.45, 7) is 11.0. The van der Waals surface area contributed by atoms with E-state index in [9.17, 15) is 9.59 Å². The molecule has 1 unspecified atom stereocenters. The van der Waals surface area contributed by atoms with Gasteiger partial charge in [-0.3, -0.25) is 9.59 Å². The van der Waals surface area contributed by atoms with Crippen molar-refractivity contribution in [2.75, 3.05) is 13.1 Å². The Hall–Kier alpha value is -1.06. The summed E-state index contributed by atoms with van der Waals surface area (Å²) in [6, 6.07) is 0. The first-order chi connectivity index (χ1) is 7.73. The molecule has 4 heteroatoms. The number of amides is 2. The molecule has 0 spiro atoms. The molecule has 0 saturated carbocycles. The Morgan fingerprint density at radius 2 is 1.65 bits per heavy atom. The topological polar surface area (TPSA) is 58.2 Å². The molecule has 0 aliphatic heterocycles. The van der Waals surface area contributed by atoms with E-state index in [1.807, 2.05) is 0 Å². The highest BCUT2D eigenvalue weighted by Crippen LogP contribution is 2.28. The van der Waals surface area contributed by atoms with Crippen LogP contribution in [0.5, 0.6) is 0 Å². The van der Waals surface area contributed by atoms with Crippen LogP contribution in [-0.2, 0) is 9.59 Å². The molecule has 0 rings (SSSR count). The second kappa shape index (κ2) is 7.30. The molecular formula is C13H26N2O2. The molecule has 0 aromatic heterocycles. The van der Waals surface area contributed by atoms with E-state index in [0.717, 1.165) is 25.9 Å². The quantitative estimate of drug-likeness (QED) is 0.714. The van der Waals surface area contributed by atoms with Crippen LogP contribution in [0, 0.1) is 11.3 Å². The van der Waals surface area contributed by atoms with Gasteiger partial charge in [0, 0.05) is 26.9 Å². The monoisotopic (exact) mass is 242 g/mol. The summed E-state index contributed by atoms with van der Waals surface area (Å²) in [4.78, 5) is 21.6. The van der Waals surface area contributed by atoms with Gasteiger partial charge in [-0.2, -0.15) is 0 Å². The average molecular weight is 242 g/mol. The summed E-state index contributed by atoms with van der Waals surface area (Å²) in [5.41, 5.74) is 0.181. The molecule has 100 valence electrons. The first-order valence-electron chi connectivity index (χ1n) is 6.22. The lowest BCUT2D eigenvalue weighted by Crippen LogP contribution is -2.30. The van der Waals surface area contributed by atoms with E-state index in [1.54, 1.807) is 0 Å². The number of rotatable bonds is 7. The molecule has 17 heavy (non-hydrogen) atoms. The van der Waals surface area contributed by atoms with E-state index < -0.39 is 0 Å². The van der Waals surface area contributed by atoms with E-state index in [4.69, 9.17) is 0 Å². The van der Waals surface area contributed by atoms with Crippen molar-refractivity contribution in [3.8, 4) is 0 Å². The molecule has 0 aliphatic rings. The fourth-order valence-electron chi connectivity index (χ4n) is 2.01. The van der Waals surface area contributed by atoms with Gasteiger partial charge in [0.2, 0.25) is 11.8 Å². The van der Waals surface area contributed by atoms with Crippen molar-refractivity contribution >= 4 is 11.8 Å². The number of hydrogen-bond donors (Lipinski definition) is 2. The van der Waals surface area contributed by atoms with Crippen LogP contribution < -0.4 is 10.6 Å². The van der Waals surface area contributed by atoms with Gasteiger partial charge in [0.05, 0.1) is 0 Å². The molecular weight excluding hydrogens is 216 g/mol. The van der Waals surface area contributed by atoms with Gasteiger partial charge in [-0.05, 0) is 24.2 Å². The average Bonchev–Trinajstić information content (AvgIpc) is 2.12. The zero-order valence-electron chi connectivity index (χ0n) is 11.7. The Kier molecular flexibility index (Phi) is 6.85. The lowest BCUT2D eigenvalue weighted by molar-refractivity contribution is -0.120. The highest BCUT2D eigenvalue weighted by Gasteiger charge is 2.20. The first kappa shape index (κ1) is 15.9. The van der Waals surface area contributed by atoms with Gasteiger partial charge in [0.1, 0.15) is 0 Å². The summed E-state index contributed by atoms with van der Waals surface area (Å²) < 4.78 is 0. The van der Waals surface area contributed by atoms with Crippen molar-refractivity contribution in [2.24, 2.45) is 11.3 Å². The zero-order chi connectivity index (χ0) is 13.5. The van der Waals surface area contributed by atoms with E-state index in [1.165, 1.54) is 13.8 Å². The first-order valence-corrected chi connectivity index (χ1v) is 6.22. The van der Waals surface area contributed by atoms with Crippen molar-refractivity contribution in [3.05, 3.63) is 0 Å². The van der Waals surface area contributed by atoms with Gasteiger partial charge in [-0.1, -0.05) is 20.8 Å². The van der Waals surface area contributed by atoms with Crippen molar-refractivity contribution in [3.63, 3.8) is 0 Å². The van der Waals surface area contributed by atoms with Crippen molar-refractivity contribution in [1.29, 1.82) is 0 Å². The molecule has 0 bridgehead atoms. The molecule has 1 atom stereocenters. The SMILES string of the molecule is CC(=O)NCCC(C)(C)CC(C)CNC(C)=O. The summed E-state index contributed by atoms with van der Waals surface area (Å²) in [5.74, 6) is 0.492. The molecule has 2 N–H and O–H groups in total. The summed E-state index contributed by atoms with van der Waals surface area (Å²) in [5, 5.41) is 5.65. The fourth-order valence-corrected chi connectivity index (χ4v) is 2.01. The highest BCUT2D eigenvalue weighted by atomic mass is 16.1. The fraction of sp³-hybridized carbons (Fsp3) is 0.846. The third-order valence-electron chi connectivity index (χ3n) is 2.78. The Morgan fingerprint density at radius 3 is 2.12 bits per heavy atom. The Bertz CT molecular complexity index is 262. The van der Waals surface area contributed by atoms with Gasteiger partial charge >= 0.3 is 0 Å². The molecule has 2 amide bonds. The molecule has 0 aromatic carbocycles. The predicted molar refractivity (Wildman–Crippen MR) is 69.5 cm³/mol. The second-order valence-corrected chi connectivity index (χ2v) is 5.64. The maximum absolute atomic E-state index is 10.8. The summed E-state index contributed by atoms with van der Waals surface area (Å²) in [6.07, 6.45) is 1.99. The van der Waals surface area contributed by atoms with E-state index >= 15 is 0 Å². The van der Waals surface area contributed by atoms with Crippen LogP contribution in [-0.4, -0.2) is 24.9 Å². The van der Waals surface area contributed by atoms with Crippen molar-refractivity contribution in [2.45, 2.75) is 47.5 Å². The Morgan fingerprint density at radius 1 is 1.12 bits per heavy atom. The van der Waals surface area contributed by atoms with Crippen LogP contribution in [0.4, 0.5) is 0 Å². The Balaban J connectivity index is 3.89. The lowest BCUT2D eigenvalue weighted by atomic mass is 9.80. The van der Waals surface area contributed by atoms with Gasteiger partial charge < -0.3 is 10.6 Å². The van der Waals surface area contributed by atoms with Gasteiger partial charge in [-0.15, -0.1) is 0 Å². The molecule has 0 aliphatic carbocycles. The van der Waals surface area contributed by atoms with Crippen LogP contribution in [0.25, 0.3) is 0 Å². The third-order valence-corrected chi connectivity index (χ3v) is 2.78. The van der Waals surface area contributed by atoms with Crippen LogP contribution >= 0.6 is 0 Å². The van der Waals surface area contributed by atoms with Gasteiger partial charge in [0.15, 0.2) is 0 Å². The lowest BCUT2D eigenvalue weighted by Gasteiger charge is -2.28. The standard InChI is InChI=1S/C13H26N2O2/c1-10(9-15-12(3)17)8-13(4,5)6-7-14-11(2)16/h10H,6-9H2,1-5H3,(H,14,16)(H,15,17). The van der Waals surface area contributed by atoms with Crippen LogP contribution in [0.1, 0.15) is 47.5 Å². The van der Waals surface area contributed by atoms with E-state index in [-0.39, 0.29) is 17.2 Å². The predicted octanol–water partition coefficient (Wildman–Crippen LogP) is 1.70. The smallest absolute Gasteiger partial charge is 0.216 e. The largest absolute Gasteiger partial charge is 0.356 e. The maximum atomic E-state index is 10.8. The van der Waals surface area contributed by atoms with Crippen molar-refractivity contribution < 1.29 is 9.59 Å². The summed E-state index contributed by atoms with van der Waals surface area (Å²) >= 11 is 0. The zero-order valence-corrected chi connectivity index (χ0v) is 11.7. The molecule has 0 aromatic rings. The Labute approximate surface area is 105 Å². The molecule has 4 nitrogen and oxygen atoms in total. The third kappa shape index (κ3) is 9.85. The molecule has 0 saturated heterocycles. The van der Waals surface area contributed by atoms with Crippen LogP contribution in [0.2, 0.25) is 0 Å². The van der Waals surface area contributed by atoms with Crippen LogP contribution in [0.3, 0.4) is 0 Å². The van der Waals surface area contributed by atoms with Crippen molar-refractivity contribution in [1.82, 2.24) is 10.6 Å². The summed E-state index contributed by atoms with van der Waals surface area (Å²) in [7, 11) is 0. The molecule has 0 radical (unpaired) electrons. The highest BCUT2D eigenvalue weighted by molar-refractivity contribution is 5.73. The molecule has 0 fully saturated rings. The second-order valence-electron chi connectivity index (χ2n) is 5.64. The number of carbonyl (C=O) groups excluding carboxylic acids is 2. The van der Waals surface area contributed by atoms with Crippen LogP contribution in [0.15, 0.2) is 0 Å². The molecule has 0 heterocycles. The normalized spacial score (nSPS) is 13.0. The van der Waals surface area contributed by atoms with Gasteiger partial charge in [0.25, 0.3) is 0 Å². The van der Waals surface area contributed by atoms with E-state index in [2.05, 4.69) is 31.4 Å².